The number of halogens is 1. The molecule has 96 valence electrons. The van der Waals surface area contributed by atoms with Gasteiger partial charge in [0.25, 0.3) is 0 Å². The summed E-state index contributed by atoms with van der Waals surface area (Å²) < 4.78 is 0. The molecule has 0 aliphatic rings. The van der Waals surface area contributed by atoms with Crippen LogP contribution >= 0.6 is 23.4 Å². The fraction of sp³-hybridized carbons (Fsp3) is 0.571. The molecule has 0 aliphatic heterocycles. The molecule has 0 fully saturated rings. The zero-order valence-electron chi connectivity index (χ0n) is 10.7. The Labute approximate surface area is 114 Å². The largest absolute Gasteiger partial charge is 0.314 e. The summed E-state index contributed by atoms with van der Waals surface area (Å²) in [7, 11) is 0. The Hall–Kier alpha value is -0.180. The molecular weight excluding hydrogens is 250 g/mol. The molecular formula is C14H22ClNS. The molecule has 0 saturated carbocycles. The first-order valence-corrected chi connectivity index (χ1v) is 7.81. The van der Waals surface area contributed by atoms with E-state index in [0.29, 0.717) is 6.04 Å². The van der Waals surface area contributed by atoms with Crippen molar-refractivity contribution in [3.63, 3.8) is 0 Å². The molecule has 0 saturated heterocycles. The molecule has 1 N–H and O–H groups in total. The van der Waals surface area contributed by atoms with Gasteiger partial charge in [0.2, 0.25) is 0 Å². The van der Waals surface area contributed by atoms with Gasteiger partial charge in [-0.2, -0.15) is 11.8 Å². The summed E-state index contributed by atoms with van der Waals surface area (Å²) in [6.45, 7) is 5.56. The van der Waals surface area contributed by atoms with E-state index in [4.69, 9.17) is 11.6 Å². The van der Waals surface area contributed by atoms with Crippen LogP contribution in [0.5, 0.6) is 0 Å². The molecule has 1 unspecified atom stereocenters. The van der Waals surface area contributed by atoms with Crippen LogP contribution in [-0.4, -0.2) is 24.1 Å². The number of hydrogen-bond donors (Lipinski definition) is 1. The van der Waals surface area contributed by atoms with Gasteiger partial charge in [-0.1, -0.05) is 30.7 Å². The van der Waals surface area contributed by atoms with Gasteiger partial charge in [-0.15, -0.1) is 0 Å². The highest BCUT2D eigenvalue weighted by molar-refractivity contribution is 7.99. The zero-order chi connectivity index (χ0) is 12.5. The van der Waals surface area contributed by atoms with E-state index in [-0.39, 0.29) is 0 Å². The molecule has 0 bridgehead atoms. The van der Waals surface area contributed by atoms with Crippen molar-refractivity contribution in [3.05, 3.63) is 34.9 Å². The molecule has 1 aromatic carbocycles. The Kier molecular flexibility index (Phi) is 7.74. The van der Waals surface area contributed by atoms with Crippen LogP contribution in [0.15, 0.2) is 24.3 Å². The molecule has 0 aliphatic carbocycles. The molecule has 3 heteroatoms. The number of hydrogen-bond acceptors (Lipinski definition) is 2. The van der Waals surface area contributed by atoms with Gasteiger partial charge in [0, 0.05) is 11.1 Å². The van der Waals surface area contributed by atoms with Crippen LogP contribution in [0.3, 0.4) is 0 Å². The van der Waals surface area contributed by atoms with Crippen molar-refractivity contribution in [1.82, 2.24) is 5.32 Å². The molecule has 1 atom stereocenters. The molecule has 0 heterocycles. The summed E-state index contributed by atoms with van der Waals surface area (Å²) in [6, 6.07) is 8.66. The molecule has 1 nitrogen and oxygen atoms in total. The Morgan fingerprint density at radius 1 is 1.29 bits per heavy atom. The van der Waals surface area contributed by atoms with Gasteiger partial charge in [0.15, 0.2) is 0 Å². The number of rotatable bonds is 8. The predicted molar refractivity (Wildman–Crippen MR) is 80.2 cm³/mol. The van der Waals surface area contributed by atoms with Crippen LogP contribution in [0, 0.1) is 0 Å². The van der Waals surface area contributed by atoms with Crippen molar-refractivity contribution in [3.8, 4) is 0 Å². The first-order chi connectivity index (χ1) is 8.22. The van der Waals surface area contributed by atoms with Gasteiger partial charge in [0.05, 0.1) is 0 Å². The lowest BCUT2D eigenvalue weighted by molar-refractivity contribution is 0.545. The van der Waals surface area contributed by atoms with Crippen LogP contribution in [-0.2, 0) is 6.42 Å². The van der Waals surface area contributed by atoms with Gasteiger partial charge in [-0.25, -0.2) is 0 Å². The van der Waals surface area contributed by atoms with E-state index in [1.807, 2.05) is 23.9 Å². The van der Waals surface area contributed by atoms with Crippen LogP contribution < -0.4 is 5.32 Å². The Morgan fingerprint density at radius 3 is 2.65 bits per heavy atom. The fourth-order valence-corrected chi connectivity index (χ4v) is 2.48. The lowest BCUT2D eigenvalue weighted by atomic mass is 10.1. The normalized spacial score (nSPS) is 12.6. The average molecular weight is 272 g/mol. The predicted octanol–water partition coefficient (Wildman–Crippen LogP) is 4.00. The fourth-order valence-electron chi connectivity index (χ4n) is 1.71. The minimum atomic E-state index is 0.530. The van der Waals surface area contributed by atoms with E-state index in [1.165, 1.54) is 23.5 Å². The van der Waals surface area contributed by atoms with E-state index in [1.54, 1.807) is 0 Å². The monoisotopic (exact) mass is 271 g/mol. The minimum absolute atomic E-state index is 0.530. The van der Waals surface area contributed by atoms with Gasteiger partial charge in [-0.05, 0) is 55.5 Å². The lowest BCUT2D eigenvalue weighted by Gasteiger charge is -2.13. The first-order valence-electron chi connectivity index (χ1n) is 6.28. The number of benzene rings is 1. The summed E-state index contributed by atoms with van der Waals surface area (Å²) in [5.74, 6) is 2.48. The molecule has 0 spiro atoms. The summed E-state index contributed by atoms with van der Waals surface area (Å²) in [4.78, 5) is 0. The standard InChI is InChI=1S/C14H22ClNS/c1-3-17-10-4-9-16-12(2)11-13-5-7-14(15)8-6-13/h5-8,12,16H,3-4,9-11H2,1-2H3. The lowest BCUT2D eigenvalue weighted by Crippen LogP contribution is -2.29. The highest BCUT2D eigenvalue weighted by Crippen LogP contribution is 2.11. The third-order valence-electron chi connectivity index (χ3n) is 2.62. The van der Waals surface area contributed by atoms with Crippen molar-refractivity contribution < 1.29 is 0 Å². The first kappa shape index (κ1) is 14.9. The quantitative estimate of drug-likeness (QED) is 0.717. The van der Waals surface area contributed by atoms with Crippen molar-refractivity contribution in [2.24, 2.45) is 0 Å². The van der Waals surface area contributed by atoms with E-state index in [9.17, 15) is 0 Å². The minimum Gasteiger partial charge on any atom is -0.314 e. The smallest absolute Gasteiger partial charge is 0.0406 e. The molecule has 1 aromatic rings. The van der Waals surface area contributed by atoms with E-state index < -0.39 is 0 Å². The Bertz CT molecular complexity index is 300. The zero-order valence-corrected chi connectivity index (χ0v) is 12.3. The Balaban J connectivity index is 2.16. The van der Waals surface area contributed by atoms with Gasteiger partial charge in [-0.3, -0.25) is 0 Å². The second kappa shape index (κ2) is 8.84. The average Bonchev–Trinajstić information content (AvgIpc) is 2.32. The van der Waals surface area contributed by atoms with Crippen molar-refractivity contribution in [2.45, 2.75) is 32.7 Å². The molecule has 1 rings (SSSR count). The second-order valence-corrected chi connectivity index (χ2v) is 6.07. The highest BCUT2D eigenvalue weighted by atomic mass is 35.5. The SMILES string of the molecule is CCSCCCNC(C)Cc1ccc(Cl)cc1. The van der Waals surface area contributed by atoms with E-state index >= 15 is 0 Å². The van der Waals surface area contributed by atoms with E-state index in [0.717, 1.165) is 18.0 Å². The van der Waals surface area contributed by atoms with Crippen LogP contribution in [0.1, 0.15) is 25.8 Å². The maximum absolute atomic E-state index is 5.86. The third-order valence-corrected chi connectivity index (χ3v) is 3.86. The summed E-state index contributed by atoms with van der Waals surface area (Å²) in [5, 5.41) is 4.37. The second-order valence-electron chi connectivity index (χ2n) is 4.24. The van der Waals surface area contributed by atoms with Crippen molar-refractivity contribution in [1.29, 1.82) is 0 Å². The van der Waals surface area contributed by atoms with Crippen LogP contribution in [0.25, 0.3) is 0 Å². The van der Waals surface area contributed by atoms with Gasteiger partial charge in [0.1, 0.15) is 0 Å². The number of nitrogens with one attached hydrogen (secondary N) is 1. The topological polar surface area (TPSA) is 12.0 Å². The number of thioether (sulfide) groups is 1. The summed E-state index contributed by atoms with van der Waals surface area (Å²) in [5.41, 5.74) is 1.34. The highest BCUT2D eigenvalue weighted by Gasteiger charge is 2.02. The van der Waals surface area contributed by atoms with Crippen molar-refractivity contribution in [2.75, 3.05) is 18.1 Å². The molecule has 17 heavy (non-hydrogen) atoms. The van der Waals surface area contributed by atoms with Gasteiger partial charge < -0.3 is 5.32 Å². The molecule has 0 aromatic heterocycles. The van der Waals surface area contributed by atoms with Crippen LogP contribution in [0.2, 0.25) is 5.02 Å². The van der Waals surface area contributed by atoms with Crippen LogP contribution in [0.4, 0.5) is 0 Å². The summed E-state index contributed by atoms with van der Waals surface area (Å²) >= 11 is 7.87. The third kappa shape index (κ3) is 6.97. The molecule has 0 amide bonds. The summed E-state index contributed by atoms with van der Waals surface area (Å²) in [6.07, 6.45) is 2.32. The van der Waals surface area contributed by atoms with Gasteiger partial charge >= 0.3 is 0 Å². The van der Waals surface area contributed by atoms with E-state index in [2.05, 4.69) is 31.3 Å². The Morgan fingerprint density at radius 2 is 2.00 bits per heavy atom. The van der Waals surface area contributed by atoms with Crippen molar-refractivity contribution >= 4 is 23.4 Å². The maximum atomic E-state index is 5.86. The molecule has 0 radical (unpaired) electrons. The maximum Gasteiger partial charge on any atom is 0.0406 e.